The number of carbonyl (C=O) groups is 1. The molecule has 232 valence electrons. The van der Waals surface area contributed by atoms with Crippen molar-refractivity contribution in [3.8, 4) is 0 Å². The molecular formula is C32H58N2O5S. The van der Waals surface area contributed by atoms with E-state index < -0.39 is 22.0 Å². The minimum absolute atomic E-state index is 0.113. The number of hydrogen-bond donors (Lipinski definition) is 2. The van der Waals surface area contributed by atoms with E-state index in [0.717, 1.165) is 42.4 Å². The number of likely N-dealkylation sites (N-methyl/N-ethyl adjacent to an activating group) is 1. The molecule has 0 aromatic heterocycles. The topological polar surface area (TPSA) is 107 Å². The standard InChI is InChI=1S/C32H58N2O5S/c1-23(10-15-30(36)33-19-8-20-34(4,5)21-25(35)22-40(37,38)39)27-13-14-28-26-12-11-24-9-6-7-17-31(24,2)29(26)16-18-32(27,28)3/h23-29,35H,6-22H2,1-5H3,(H-,33,36,37,38,39)/t23-,24?,25?,26+,27-,28+,29+,31+,32-/m1/s1. The van der Waals surface area contributed by atoms with Gasteiger partial charge < -0.3 is 19.5 Å². The minimum atomic E-state index is -4.44. The highest BCUT2D eigenvalue weighted by Gasteiger charge is 2.60. The fourth-order valence-corrected chi connectivity index (χ4v) is 11.2. The number of fused-ring (bicyclic) bond motifs is 5. The molecule has 0 spiro atoms. The lowest BCUT2D eigenvalue weighted by Gasteiger charge is -2.61. The summed E-state index contributed by atoms with van der Waals surface area (Å²) in [6.45, 7) is 9.10. The summed E-state index contributed by atoms with van der Waals surface area (Å²) in [5.74, 6) is 4.36. The fraction of sp³-hybridized carbons (Fsp3) is 0.969. The first kappa shape index (κ1) is 32.2. The number of nitrogens with zero attached hydrogens (tertiary/aromatic N) is 1. The normalized spacial score (nSPS) is 37.6. The average Bonchev–Trinajstić information content (AvgIpc) is 3.20. The molecule has 8 heteroatoms. The zero-order valence-electron chi connectivity index (χ0n) is 26.0. The molecule has 4 fully saturated rings. The summed E-state index contributed by atoms with van der Waals surface area (Å²) in [5, 5.41) is 13.0. The first-order valence-corrected chi connectivity index (χ1v) is 17.9. The lowest BCUT2D eigenvalue weighted by molar-refractivity contribution is -0.893. The Kier molecular flexibility index (Phi) is 10.1. The van der Waals surface area contributed by atoms with E-state index >= 15 is 0 Å². The molecule has 4 aliphatic rings. The number of amides is 1. The van der Waals surface area contributed by atoms with Gasteiger partial charge in [0.25, 0.3) is 0 Å². The van der Waals surface area contributed by atoms with Crippen LogP contribution in [0.2, 0.25) is 0 Å². The number of carbonyl (C=O) groups excluding carboxylic acids is 1. The molecule has 4 rings (SSSR count). The van der Waals surface area contributed by atoms with Crippen LogP contribution < -0.4 is 5.32 Å². The van der Waals surface area contributed by atoms with Crippen LogP contribution in [0.25, 0.3) is 0 Å². The average molecular weight is 583 g/mol. The molecule has 9 atom stereocenters. The Labute approximate surface area is 244 Å². The van der Waals surface area contributed by atoms with Crippen LogP contribution >= 0.6 is 0 Å². The molecule has 0 aliphatic heterocycles. The maximum absolute atomic E-state index is 12.7. The van der Waals surface area contributed by atoms with Gasteiger partial charge in [-0.2, -0.15) is 0 Å². The molecule has 40 heavy (non-hydrogen) atoms. The monoisotopic (exact) mass is 582 g/mol. The highest BCUT2D eigenvalue weighted by atomic mass is 32.2. The Morgan fingerprint density at radius 1 is 1.02 bits per heavy atom. The van der Waals surface area contributed by atoms with E-state index in [-0.39, 0.29) is 12.5 Å². The largest absolute Gasteiger partial charge is 0.748 e. The molecule has 2 unspecified atom stereocenters. The van der Waals surface area contributed by atoms with E-state index in [0.29, 0.717) is 40.7 Å². The van der Waals surface area contributed by atoms with Crippen LogP contribution in [0.1, 0.15) is 104 Å². The predicted molar refractivity (Wildman–Crippen MR) is 158 cm³/mol. The molecule has 2 N–H and O–H groups in total. The van der Waals surface area contributed by atoms with Crippen molar-refractivity contribution in [2.75, 3.05) is 39.5 Å². The third kappa shape index (κ3) is 7.26. The van der Waals surface area contributed by atoms with Gasteiger partial charge in [-0.15, -0.1) is 0 Å². The summed E-state index contributed by atoms with van der Waals surface area (Å²) in [5.41, 5.74) is 1.03. The molecule has 1 amide bonds. The van der Waals surface area contributed by atoms with Gasteiger partial charge in [-0.3, -0.25) is 4.79 Å². The number of aliphatic hydroxyl groups is 1. The third-order valence-corrected chi connectivity index (χ3v) is 13.3. The maximum atomic E-state index is 12.7. The Bertz CT molecular complexity index is 986. The lowest BCUT2D eigenvalue weighted by Crippen LogP contribution is -2.53. The molecule has 0 aromatic rings. The first-order chi connectivity index (χ1) is 18.6. The smallest absolute Gasteiger partial charge is 0.220 e. The molecule has 4 aliphatic carbocycles. The highest BCUT2D eigenvalue weighted by Crippen LogP contribution is 2.68. The van der Waals surface area contributed by atoms with Crippen LogP contribution in [0.15, 0.2) is 0 Å². The maximum Gasteiger partial charge on any atom is 0.220 e. The van der Waals surface area contributed by atoms with Crippen molar-refractivity contribution in [3.63, 3.8) is 0 Å². The van der Waals surface area contributed by atoms with E-state index in [4.69, 9.17) is 0 Å². The van der Waals surface area contributed by atoms with Crippen LogP contribution in [0, 0.1) is 46.3 Å². The van der Waals surface area contributed by atoms with Gasteiger partial charge in [-0.25, -0.2) is 8.42 Å². The van der Waals surface area contributed by atoms with Crippen molar-refractivity contribution in [1.29, 1.82) is 0 Å². The first-order valence-electron chi connectivity index (χ1n) is 16.3. The number of nitrogens with one attached hydrogen (secondary N) is 1. The van der Waals surface area contributed by atoms with Gasteiger partial charge in [0.1, 0.15) is 12.6 Å². The van der Waals surface area contributed by atoms with Crippen LogP contribution in [0.3, 0.4) is 0 Å². The van der Waals surface area contributed by atoms with Crippen molar-refractivity contribution >= 4 is 16.0 Å². The summed E-state index contributed by atoms with van der Waals surface area (Å²) < 4.78 is 33.1. The van der Waals surface area contributed by atoms with Gasteiger partial charge in [0.2, 0.25) is 5.91 Å². The third-order valence-electron chi connectivity index (χ3n) is 12.5. The molecule has 4 saturated carbocycles. The molecular weight excluding hydrogens is 524 g/mol. The second kappa shape index (κ2) is 12.5. The molecule has 0 bridgehead atoms. The van der Waals surface area contributed by atoms with E-state index in [1.54, 1.807) is 0 Å². The van der Waals surface area contributed by atoms with Gasteiger partial charge in [0, 0.05) is 19.4 Å². The van der Waals surface area contributed by atoms with Gasteiger partial charge in [-0.1, -0.05) is 33.6 Å². The van der Waals surface area contributed by atoms with Gasteiger partial charge >= 0.3 is 0 Å². The molecule has 0 saturated heterocycles. The van der Waals surface area contributed by atoms with E-state index in [1.165, 1.54) is 64.2 Å². The predicted octanol–water partition coefficient (Wildman–Crippen LogP) is 4.94. The quantitative estimate of drug-likeness (QED) is 0.193. The van der Waals surface area contributed by atoms with E-state index in [9.17, 15) is 22.9 Å². The van der Waals surface area contributed by atoms with Crippen molar-refractivity contribution in [3.05, 3.63) is 0 Å². The van der Waals surface area contributed by atoms with Gasteiger partial charge in [0.05, 0.1) is 36.5 Å². The summed E-state index contributed by atoms with van der Waals surface area (Å²) in [6.07, 6.45) is 15.3. The van der Waals surface area contributed by atoms with Crippen molar-refractivity contribution in [2.45, 2.75) is 110 Å². The molecule has 0 aromatic carbocycles. The zero-order chi connectivity index (χ0) is 29.3. The molecule has 0 radical (unpaired) electrons. The Morgan fingerprint density at radius 2 is 1.75 bits per heavy atom. The van der Waals surface area contributed by atoms with Crippen LogP contribution in [-0.4, -0.2) is 74.1 Å². The lowest BCUT2D eigenvalue weighted by atomic mass is 9.44. The van der Waals surface area contributed by atoms with E-state index in [1.807, 2.05) is 14.1 Å². The molecule has 0 heterocycles. The van der Waals surface area contributed by atoms with Gasteiger partial charge in [-0.05, 0) is 104 Å². The summed E-state index contributed by atoms with van der Waals surface area (Å²) in [4.78, 5) is 12.7. The van der Waals surface area contributed by atoms with Crippen LogP contribution in [-0.2, 0) is 14.9 Å². The number of hydrogen-bond acceptors (Lipinski definition) is 5. The number of quaternary nitrogens is 1. The van der Waals surface area contributed by atoms with Crippen molar-refractivity contribution in [2.24, 2.45) is 46.3 Å². The highest BCUT2D eigenvalue weighted by molar-refractivity contribution is 7.85. The van der Waals surface area contributed by atoms with Crippen LogP contribution in [0.4, 0.5) is 0 Å². The molecule has 7 nitrogen and oxygen atoms in total. The summed E-state index contributed by atoms with van der Waals surface area (Å²) >= 11 is 0. The fourth-order valence-electron chi connectivity index (χ4n) is 10.6. The van der Waals surface area contributed by atoms with Crippen molar-refractivity contribution < 1.29 is 27.4 Å². The summed E-state index contributed by atoms with van der Waals surface area (Å²) in [7, 11) is -0.648. The summed E-state index contributed by atoms with van der Waals surface area (Å²) in [6, 6.07) is 0. The number of aliphatic hydroxyl groups excluding tert-OH is 1. The second-order valence-electron chi connectivity index (χ2n) is 15.6. The SMILES string of the molecule is C[C@H](CCC(=O)NCCC[N+](C)(C)CC(O)CS(=O)(=O)[O-])[C@H]1CC[C@H]2[C@@H]3CCC4CCCC[C@]4(C)[C@H]3CC[C@]12C. The zero-order valence-corrected chi connectivity index (χ0v) is 26.8. The Morgan fingerprint density at radius 3 is 2.48 bits per heavy atom. The Balaban J connectivity index is 1.20. The Hall–Kier alpha value is -0.700. The van der Waals surface area contributed by atoms with E-state index in [2.05, 4.69) is 26.1 Å². The van der Waals surface area contributed by atoms with Crippen LogP contribution in [0.5, 0.6) is 0 Å². The van der Waals surface area contributed by atoms with Gasteiger partial charge in [0.15, 0.2) is 0 Å². The number of rotatable bonds is 12. The van der Waals surface area contributed by atoms with Crippen molar-refractivity contribution in [1.82, 2.24) is 5.32 Å². The minimum Gasteiger partial charge on any atom is -0.748 e. The second-order valence-corrected chi connectivity index (χ2v) is 17.0.